The predicted octanol–water partition coefficient (Wildman–Crippen LogP) is 2.10. The molecule has 8 nitrogen and oxygen atoms in total. The molecule has 0 bridgehead atoms. The van der Waals surface area contributed by atoms with Crippen LogP contribution in [-0.2, 0) is 16.6 Å². The van der Waals surface area contributed by atoms with Crippen LogP contribution in [0.15, 0.2) is 39.8 Å². The predicted molar refractivity (Wildman–Crippen MR) is 75.5 cm³/mol. The van der Waals surface area contributed by atoms with E-state index in [2.05, 4.69) is 5.32 Å². The van der Waals surface area contributed by atoms with Gasteiger partial charge >= 0.3 is 0 Å². The summed E-state index contributed by atoms with van der Waals surface area (Å²) >= 11 is 5.69. The number of sulfonamides is 1. The van der Waals surface area contributed by atoms with Crippen molar-refractivity contribution in [3.63, 3.8) is 0 Å². The minimum absolute atomic E-state index is 0.0278. The summed E-state index contributed by atoms with van der Waals surface area (Å²) in [7, 11) is -3.89. The Morgan fingerprint density at radius 1 is 1.33 bits per heavy atom. The van der Waals surface area contributed by atoms with E-state index >= 15 is 0 Å². The van der Waals surface area contributed by atoms with Crippen molar-refractivity contribution in [3.8, 4) is 0 Å². The lowest BCUT2D eigenvalue weighted by Crippen LogP contribution is -2.10. The molecule has 0 radical (unpaired) electrons. The first kappa shape index (κ1) is 15.3. The second-order valence-corrected chi connectivity index (χ2v) is 5.94. The number of rotatable bonds is 5. The average molecular weight is 332 g/mol. The van der Waals surface area contributed by atoms with Crippen molar-refractivity contribution in [1.82, 2.24) is 0 Å². The standard InChI is InChI=1S/C11H10ClN3O5S/c12-9-3-1-7(5-10(9)15(16)17)14-6-8-2-4-11(20-8)21(13,18)19/h1-5,14H,6H2,(H2,13,18,19). The van der Waals surface area contributed by atoms with Crippen molar-refractivity contribution in [2.45, 2.75) is 11.6 Å². The van der Waals surface area contributed by atoms with Crippen LogP contribution in [0.3, 0.4) is 0 Å². The number of primary sulfonamides is 1. The lowest BCUT2D eigenvalue weighted by Gasteiger charge is -2.05. The number of hydrogen-bond donors (Lipinski definition) is 2. The Morgan fingerprint density at radius 3 is 2.62 bits per heavy atom. The SMILES string of the molecule is NS(=O)(=O)c1ccc(CNc2ccc(Cl)c([N+](=O)[O-])c2)o1. The van der Waals surface area contributed by atoms with Gasteiger partial charge in [-0.15, -0.1) is 0 Å². The Morgan fingerprint density at radius 2 is 2.05 bits per heavy atom. The van der Waals surface area contributed by atoms with Crippen molar-refractivity contribution in [2.24, 2.45) is 5.14 Å². The van der Waals surface area contributed by atoms with Gasteiger partial charge in [-0.2, -0.15) is 0 Å². The highest BCUT2D eigenvalue weighted by Crippen LogP contribution is 2.27. The summed E-state index contributed by atoms with van der Waals surface area (Å²) in [4.78, 5) is 10.2. The molecular weight excluding hydrogens is 322 g/mol. The van der Waals surface area contributed by atoms with Gasteiger partial charge in [0.25, 0.3) is 15.7 Å². The fourth-order valence-electron chi connectivity index (χ4n) is 1.56. The average Bonchev–Trinajstić information content (AvgIpc) is 2.86. The van der Waals surface area contributed by atoms with Crippen molar-refractivity contribution < 1.29 is 17.8 Å². The van der Waals surface area contributed by atoms with Crippen LogP contribution in [0.4, 0.5) is 11.4 Å². The second kappa shape index (κ2) is 5.72. The summed E-state index contributed by atoms with van der Waals surface area (Å²) in [5.41, 5.74) is 0.214. The van der Waals surface area contributed by atoms with E-state index in [0.717, 1.165) is 0 Å². The first-order valence-electron chi connectivity index (χ1n) is 5.56. The van der Waals surface area contributed by atoms with Crippen molar-refractivity contribution >= 4 is 33.0 Å². The smallest absolute Gasteiger partial charge is 0.289 e. The van der Waals surface area contributed by atoms with Gasteiger partial charge in [0.05, 0.1) is 11.5 Å². The van der Waals surface area contributed by atoms with Crippen LogP contribution < -0.4 is 10.5 Å². The Kier molecular flexibility index (Phi) is 4.16. The molecule has 3 N–H and O–H groups in total. The highest BCUT2D eigenvalue weighted by molar-refractivity contribution is 7.89. The summed E-state index contributed by atoms with van der Waals surface area (Å²) in [6.07, 6.45) is 0. The molecule has 1 aromatic heterocycles. The molecule has 0 atom stereocenters. The molecule has 2 aromatic rings. The van der Waals surface area contributed by atoms with Crippen molar-refractivity contribution in [1.29, 1.82) is 0 Å². The van der Waals surface area contributed by atoms with Gasteiger partial charge in [0.2, 0.25) is 5.09 Å². The quantitative estimate of drug-likeness (QED) is 0.637. The first-order chi connectivity index (χ1) is 9.77. The molecule has 0 amide bonds. The molecule has 1 heterocycles. The third kappa shape index (κ3) is 3.72. The molecule has 0 aliphatic carbocycles. The first-order valence-corrected chi connectivity index (χ1v) is 7.49. The topological polar surface area (TPSA) is 128 Å². The zero-order valence-corrected chi connectivity index (χ0v) is 12.0. The van der Waals surface area contributed by atoms with Crippen LogP contribution in [-0.4, -0.2) is 13.3 Å². The minimum atomic E-state index is -3.89. The minimum Gasteiger partial charge on any atom is -0.446 e. The number of nitrogens with one attached hydrogen (secondary N) is 1. The molecule has 21 heavy (non-hydrogen) atoms. The van der Waals surface area contributed by atoms with E-state index in [-0.39, 0.29) is 22.3 Å². The number of nitrogens with zero attached hydrogens (tertiary/aromatic N) is 1. The third-order valence-electron chi connectivity index (χ3n) is 2.53. The third-order valence-corrected chi connectivity index (χ3v) is 3.63. The van der Waals surface area contributed by atoms with Gasteiger partial charge in [-0.25, -0.2) is 13.6 Å². The lowest BCUT2D eigenvalue weighted by molar-refractivity contribution is -0.384. The summed E-state index contributed by atoms with van der Waals surface area (Å²) < 4.78 is 27.1. The number of benzene rings is 1. The normalized spacial score (nSPS) is 11.3. The van der Waals surface area contributed by atoms with Crippen LogP contribution in [0.25, 0.3) is 0 Å². The van der Waals surface area contributed by atoms with Gasteiger partial charge < -0.3 is 9.73 Å². The molecule has 0 aliphatic rings. The Labute approximate surface area is 124 Å². The zero-order chi connectivity index (χ0) is 15.6. The van der Waals surface area contributed by atoms with E-state index in [9.17, 15) is 18.5 Å². The second-order valence-electron chi connectivity index (χ2n) is 4.04. The largest absolute Gasteiger partial charge is 0.446 e. The number of nitrogens with two attached hydrogens (primary N) is 1. The molecule has 0 saturated carbocycles. The number of nitro benzene ring substituents is 1. The van der Waals surface area contributed by atoms with Gasteiger partial charge in [-0.1, -0.05) is 11.6 Å². The summed E-state index contributed by atoms with van der Waals surface area (Å²) in [5, 5.41) is 18.2. The lowest BCUT2D eigenvalue weighted by atomic mass is 10.2. The number of halogens is 1. The summed E-state index contributed by atoms with van der Waals surface area (Å²) in [5.74, 6) is 0.316. The van der Waals surface area contributed by atoms with Gasteiger partial charge in [-0.3, -0.25) is 10.1 Å². The highest BCUT2D eigenvalue weighted by atomic mass is 35.5. The molecule has 0 aliphatic heterocycles. The molecule has 0 fully saturated rings. The van der Waals surface area contributed by atoms with Crippen molar-refractivity contribution in [3.05, 3.63) is 51.2 Å². The van der Waals surface area contributed by atoms with Crippen molar-refractivity contribution in [2.75, 3.05) is 5.32 Å². The number of furan rings is 1. The number of anilines is 1. The molecule has 112 valence electrons. The molecule has 1 aromatic carbocycles. The van der Waals surface area contributed by atoms with Crippen LogP contribution >= 0.6 is 11.6 Å². The monoisotopic (exact) mass is 331 g/mol. The van der Waals surface area contributed by atoms with Crippen LogP contribution in [0.2, 0.25) is 5.02 Å². The number of hydrogen-bond acceptors (Lipinski definition) is 6. The van der Waals surface area contributed by atoms with Crippen LogP contribution in [0, 0.1) is 10.1 Å². The van der Waals surface area contributed by atoms with Gasteiger partial charge in [0.15, 0.2) is 0 Å². The molecular formula is C11H10ClN3O5S. The van der Waals surface area contributed by atoms with Crippen LogP contribution in [0.5, 0.6) is 0 Å². The Balaban J connectivity index is 2.12. The van der Waals surface area contributed by atoms with E-state index in [0.29, 0.717) is 11.4 Å². The summed E-state index contributed by atoms with van der Waals surface area (Å²) in [6.45, 7) is 0.133. The molecule has 0 spiro atoms. The molecule has 0 unspecified atom stereocenters. The zero-order valence-electron chi connectivity index (χ0n) is 10.4. The van der Waals surface area contributed by atoms with E-state index in [1.807, 2.05) is 0 Å². The molecule has 0 saturated heterocycles. The fraction of sp³-hybridized carbons (Fsp3) is 0.0909. The molecule has 2 rings (SSSR count). The van der Waals surface area contributed by atoms with Gasteiger partial charge in [0.1, 0.15) is 10.8 Å². The number of nitro groups is 1. The fourth-order valence-corrected chi connectivity index (χ4v) is 2.23. The van der Waals surface area contributed by atoms with E-state index in [1.165, 1.54) is 24.3 Å². The van der Waals surface area contributed by atoms with Gasteiger partial charge in [-0.05, 0) is 24.3 Å². The highest BCUT2D eigenvalue weighted by Gasteiger charge is 2.14. The maximum absolute atomic E-state index is 11.1. The summed E-state index contributed by atoms with van der Waals surface area (Å²) in [6, 6.07) is 6.89. The van der Waals surface area contributed by atoms with E-state index in [4.69, 9.17) is 21.2 Å². The van der Waals surface area contributed by atoms with E-state index in [1.54, 1.807) is 6.07 Å². The van der Waals surface area contributed by atoms with Crippen LogP contribution in [0.1, 0.15) is 5.76 Å². The van der Waals surface area contributed by atoms with Gasteiger partial charge in [0, 0.05) is 11.8 Å². The maximum Gasteiger partial charge on any atom is 0.289 e. The van der Waals surface area contributed by atoms with E-state index < -0.39 is 14.9 Å². The Hall–Kier alpha value is -2.10. The maximum atomic E-state index is 11.1. The Bertz CT molecular complexity index is 787. The molecule has 10 heteroatoms.